The average Bonchev–Trinajstić information content (AvgIpc) is 3.09. The molecule has 4 rings (SSSR count). The van der Waals surface area contributed by atoms with Crippen LogP contribution < -0.4 is 15.6 Å². The van der Waals surface area contributed by atoms with E-state index in [1.807, 2.05) is 12.1 Å². The van der Waals surface area contributed by atoms with Crippen molar-refractivity contribution in [2.24, 2.45) is 0 Å². The zero-order valence-electron chi connectivity index (χ0n) is 15.2. The largest absolute Gasteiger partial charge is 0.508 e. The van der Waals surface area contributed by atoms with Crippen LogP contribution in [0, 0.1) is 0 Å². The highest BCUT2D eigenvalue weighted by Crippen LogP contribution is 2.33. The fourth-order valence-corrected chi connectivity index (χ4v) is 3.33. The predicted octanol–water partition coefficient (Wildman–Crippen LogP) is 2.86. The maximum atomic E-state index is 11.9. The minimum absolute atomic E-state index is 0.0600. The van der Waals surface area contributed by atoms with Gasteiger partial charge in [-0.15, -0.1) is 0 Å². The van der Waals surface area contributed by atoms with Crippen LogP contribution in [0.25, 0.3) is 11.0 Å². The summed E-state index contributed by atoms with van der Waals surface area (Å²) >= 11 is 0. The SMILES string of the molecule is O=C(COc1ccc2oc3c(c2c1)CCCC3)NNC(=O)c1ccc(O)cc1. The van der Waals surface area contributed by atoms with Gasteiger partial charge >= 0.3 is 0 Å². The van der Waals surface area contributed by atoms with Crippen LogP contribution in [0.3, 0.4) is 0 Å². The van der Waals surface area contributed by atoms with Crippen LogP contribution >= 0.6 is 0 Å². The van der Waals surface area contributed by atoms with Crippen molar-refractivity contribution in [1.82, 2.24) is 10.9 Å². The van der Waals surface area contributed by atoms with Gasteiger partial charge < -0.3 is 14.3 Å². The lowest BCUT2D eigenvalue weighted by molar-refractivity contribution is -0.123. The summed E-state index contributed by atoms with van der Waals surface area (Å²) in [5.41, 5.74) is 6.99. The topological polar surface area (TPSA) is 101 Å². The number of phenols is 1. The molecule has 0 spiro atoms. The first kappa shape index (κ1) is 17.9. The summed E-state index contributed by atoms with van der Waals surface area (Å²) in [6.07, 6.45) is 4.25. The molecule has 1 aliphatic rings. The molecule has 28 heavy (non-hydrogen) atoms. The number of aryl methyl sites for hydroxylation is 2. The number of carbonyl (C=O) groups excluding carboxylic acids is 2. The van der Waals surface area contributed by atoms with Crippen molar-refractivity contribution in [3.8, 4) is 11.5 Å². The van der Waals surface area contributed by atoms with E-state index in [0.717, 1.165) is 42.4 Å². The number of hydrazine groups is 1. The van der Waals surface area contributed by atoms with Gasteiger partial charge in [0.25, 0.3) is 11.8 Å². The smallest absolute Gasteiger partial charge is 0.276 e. The summed E-state index contributed by atoms with van der Waals surface area (Å²) in [6.45, 7) is -0.235. The molecule has 0 fully saturated rings. The van der Waals surface area contributed by atoms with E-state index in [-0.39, 0.29) is 12.4 Å². The van der Waals surface area contributed by atoms with Gasteiger partial charge in [-0.05, 0) is 61.7 Å². The fraction of sp³-hybridized carbons (Fsp3) is 0.238. The Labute approximate surface area is 161 Å². The lowest BCUT2D eigenvalue weighted by Gasteiger charge is -2.10. The molecule has 0 unspecified atom stereocenters. The molecule has 3 N–H and O–H groups in total. The number of phenolic OH excluding ortho intramolecular Hbond substituents is 1. The second-order valence-electron chi connectivity index (χ2n) is 6.71. The van der Waals surface area contributed by atoms with Crippen molar-refractivity contribution in [3.05, 3.63) is 59.4 Å². The second-order valence-corrected chi connectivity index (χ2v) is 6.71. The van der Waals surface area contributed by atoms with Crippen molar-refractivity contribution in [3.63, 3.8) is 0 Å². The first-order chi connectivity index (χ1) is 13.6. The van der Waals surface area contributed by atoms with Gasteiger partial charge in [-0.3, -0.25) is 20.4 Å². The molecule has 3 aromatic rings. The lowest BCUT2D eigenvalue weighted by atomic mass is 9.96. The van der Waals surface area contributed by atoms with Crippen molar-refractivity contribution >= 4 is 22.8 Å². The summed E-state index contributed by atoms with van der Waals surface area (Å²) < 4.78 is 11.4. The molecule has 2 amide bonds. The molecule has 0 bridgehead atoms. The van der Waals surface area contributed by atoms with Crippen molar-refractivity contribution in [2.75, 3.05) is 6.61 Å². The highest BCUT2D eigenvalue weighted by atomic mass is 16.5. The standard InChI is InChI=1S/C21H20N2O5/c24-14-7-5-13(6-8-14)21(26)23-22-20(25)12-27-15-9-10-19-17(11-15)16-3-1-2-4-18(16)28-19/h5-11,24H,1-4,12H2,(H,22,25)(H,23,26). The first-order valence-electron chi connectivity index (χ1n) is 9.15. The molecule has 144 valence electrons. The van der Waals surface area contributed by atoms with Crippen LogP contribution in [0.5, 0.6) is 11.5 Å². The molecule has 1 aromatic heterocycles. The average molecular weight is 380 g/mol. The zero-order valence-corrected chi connectivity index (χ0v) is 15.2. The Morgan fingerprint density at radius 2 is 1.82 bits per heavy atom. The number of carbonyl (C=O) groups is 2. The van der Waals surface area contributed by atoms with Crippen molar-refractivity contribution in [2.45, 2.75) is 25.7 Å². The van der Waals surface area contributed by atoms with Crippen LogP contribution in [0.1, 0.15) is 34.5 Å². The Morgan fingerprint density at radius 3 is 2.64 bits per heavy atom. The molecular formula is C21H20N2O5. The van der Waals surface area contributed by atoms with Gasteiger partial charge in [0.2, 0.25) is 0 Å². The third-order valence-corrected chi connectivity index (χ3v) is 4.74. The van der Waals surface area contributed by atoms with E-state index >= 15 is 0 Å². The number of hydrogen-bond donors (Lipinski definition) is 3. The number of rotatable bonds is 4. The van der Waals surface area contributed by atoms with Gasteiger partial charge in [-0.1, -0.05) is 0 Å². The van der Waals surface area contributed by atoms with E-state index in [4.69, 9.17) is 9.15 Å². The minimum Gasteiger partial charge on any atom is -0.508 e. The van der Waals surface area contributed by atoms with E-state index < -0.39 is 11.8 Å². The Hall–Kier alpha value is -3.48. The molecule has 0 atom stereocenters. The quantitative estimate of drug-likeness (QED) is 0.604. The number of ether oxygens (including phenoxy) is 1. The highest BCUT2D eigenvalue weighted by molar-refractivity contribution is 5.95. The molecule has 0 saturated carbocycles. The van der Waals surface area contributed by atoms with Gasteiger partial charge in [0.1, 0.15) is 22.8 Å². The number of aromatic hydroxyl groups is 1. The molecule has 7 heteroatoms. The van der Waals surface area contributed by atoms with Gasteiger partial charge in [0.15, 0.2) is 6.61 Å². The maximum Gasteiger partial charge on any atom is 0.276 e. The van der Waals surface area contributed by atoms with E-state index in [2.05, 4.69) is 10.9 Å². The lowest BCUT2D eigenvalue weighted by Crippen LogP contribution is -2.43. The molecule has 2 aromatic carbocycles. The summed E-state index contributed by atoms with van der Waals surface area (Å²) in [7, 11) is 0. The third-order valence-electron chi connectivity index (χ3n) is 4.74. The molecule has 1 heterocycles. The number of benzene rings is 2. The van der Waals surface area contributed by atoms with Crippen LogP contribution in [0.2, 0.25) is 0 Å². The van der Waals surface area contributed by atoms with Crippen LogP contribution in [0.4, 0.5) is 0 Å². The monoisotopic (exact) mass is 380 g/mol. The van der Waals surface area contributed by atoms with Gasteiger partial charge in [-0.2, -0.15) is 0 Å². The molecule has 1 aliphatic carbocycles. The maximum absolute atomic E-state index is 11.9. The van der Waals surface area contributed by atoms with Gasteiger partial charge in [0.05, 0.1) is 0 Å². The Morgan fingerprint density at radius 1 is 1.04 bits per heavy atom. The summed E-state index contributed by atoms with van der Waals surface area (Å²) in [6, 6.07) is 11.2. The number of nitrogens with one attached hydrogen (secondary N) is 2. The summed E-state index contributed by atoms with van der Waals surface area (Å²) in [4.78, 5) is 23.9. The Kier molecular flexibility index (Phi) is 4.89. The van der Waals surface area contributed by atoms with Crippen molar-refractivity contribution < 1.29 is 23.8 Å². The predicted molar refractivity (Wildman–Crippen MR) is 102 cm³/mol. The Balaban J connectivity index is 1.33. The van der Waals surface area contributed by atoms with Crippen molar-refractivity contribution in [1.29, 1.82) is 0 Å². The number of hydrogen-bond acceptors (Lipinski definition) is 5. The second kappa shape index (κ2) is 7.64. The van der Waals surface area contributed by atoms with Crippen LogP contribution in [-0.4, -0.2) is 23.5 Å². The van der Waals surface area contributed by atoms with Crippen LogP contribution in [-0.2, 0) is 17.6 Å². The Bertz CT molecular complexity index is 1020. The minimum atomic E-state index is -0.486. The molecule has 0 saturated heterocycles. The molecule has 7 nitrogen and oxygen atoms in total. The molecular weight excluding hydrogens is 360 g/mol. The van der Waals surface area contributed by atoms with E-state index in [9.17, 15) is 14.7 Å². The van der Waals surface area contributed by atoms with E-state index in [1.165, 1.54) is 29.8 Å². The molecule has 0 aliphatic heterocycles. The van der Waals surface area contributed by atoms with Gasteiger partial charge in [0, 0.05) is 22.9 Å². The van der Waals surface area contributed by atoms with Gasteiger partial charge in [-0.25, -0.2) is 0 Å². The fourth-order valence-electron chi connectivity index (χ4n) is 3.33. The normalized spacial score (nSPS) is 13.0. The van der Waals surface area contributed by atoms with E-state index in [1.54, 1.807) is 6.07 Å². The summed E-state index contributed by atoms with van der Waals surface area (Å²) in [5, 5.41) is 10.3. The zero-order chi connectivity index (χ0) is 19.5. The molecule has 0 radical (unpaired) electrons. The number of furan rings is 1. The number of amides is 2. The van der Waals surface area contributed by atoms with Crippen LogP contribution in [0.15, 0.2) is 46.9 Å². The third kappa shape index (κ3) is 3.78. The first-order valence-corrected chi connectivity index (χ1v) is 9.15. The summed E-state index contributed by atoms with van der Waals surface area (Å²) in [5.74, 6) is 0.709. The highest BCUT2D eigenvalue weighted by Gasteiger charge is 2.18. The van der Waals surface area contributed by atoms with E-state index in [0.29, 0.717) is 11.3 Å². The number of fused-ring (bicyclic) bond motifs is 3.